The molecule has 2 rings (SSSR count). The highest BCUT2D eigenvalue weighted by Crippen LogP contribution is 2.23. The van der Waals surface area contributed by atoms with Crippen LogP contribution in [0.3, 0.4) is 0 Å². The van der Waals surface area contributed by atoms with Gasteiger partial charge in [0, 0.05) is 12.5 Å². The summed E-state index contributed by atoms with van der Waals surface area (Å²) in [5, 5.41) is 4.40. The van der Waals surface area contributed by atoms with Crippen molar-refractivity contribution in [3.05, 3.63) is 46.8 Å². The van der Waals surface area contributed by atoms with E-state index in [1.165, 1.54) is 0 Å². The first kappa shape index (κ1) is 15.3. The van der Waals surface area contributed by atoms with Gasteiger partial charge in [0.25, 0.3) is 0 Å². The summed E-state index contributed by atoms with van der Waals surface area (Å²) in [6.45, 7) is 10.1. The van der Waals surface area contributed by atoms with Gasteiger partial charge in [-0.3, -0.25) is 4.68 Å². The minimum Gasteiger partial charge on any atom is -0.422 e. The van der Waals surface area contributed by atoms with Gasteiger partial charge in [-0.05, 0) is 37.1 Å². The van der Waals surface area contributed by atoms with Crippen LogP contribution in [0, 0.1) is 13.8 Å². The van der Waals surface area contributed by atoms with E-state index in [1.807, 2.05) is 32.0 Å². The molecular formula is C17H22N2O2. The van der Waals surface area contributed by atoms with Gasteiger partial charge >= 0.3 is 5.97 Å². The summed E-state index contributed by atoms with van der Waals surface area (Å²) in [6, 6.07) is 7.61. The summed E-state index contributed by atoms with van der Waals surface area (Å²) < 4.78 is 7.10. The zero-order chi connectivity index (χ0) is 15.8. The molecule has 0 amide bonds. The van der Waals surface area contributed by atoms with Crippen LogP contribution in [0.5, 0.6) is 5.75 Å². The molecule has 112 valence electrons. The lowest BCUT2D eigenvalue weighted by molar-refractivity contribution is 0.0722. The van der Waals surface area contributed by atoms with Gasteiger partial charge in [0.15, 0.2) is 0 Å². The molecule has 0 aliphatic carbocycles. The molecule has 0 N–H and O–H groups in total. The highest BCUT2D eigenvalue weighted by molar-refractivity contribution is 5.89. The highest BCUT2D eigenvalue weighted by atomic mass is 16.5. The number of rotatable bonds is 2. The molecule has 0 saturated carbocycles. The second-order valence-corrected chi connectivity index (χ2v) is 6.45. The number of esters is 1. The molecular weight excluding hydrogens is 264 g/mol. The van der Waals surface area contributed by atoms with Crippen LogP contribution in [0.15, 0.2) is 24.3 Å². The van der Waals surface area contributed by atoms with Gasteiger partial charge in [-0.1, -0.05) is 32.9 Å². The Labute approximate surface area is 125 Å². The van der Waals surface area contributed by atoms with Gasteiger partial charge in [-0.25, -0.2) is 4.79 Å². The van der Waals surface area contributed by atoms with E-state index in [-0.39, 0.29) is 11.4 Å². The average Bonchev–Trinajstić information content (AvgIpc) is 2.76. The van der Waals surface area contributed by atoms with Crippen molar-refractivity contribution in [1.29, 1.82) is 0 Å². The third-order valence-electron chi connectivity index (χ3n) is 3.40. The lowest BCUT2D eigenvalue weighted by Gasteiger charge is -2.13. The van der Waals surface area contributed by atoms with E-state index >= 15 is 0 Å². The molecule has 0 spiro atoms. The van der Waals surface area contributed by atoms with Gasteiger partial charge in [-0.2, -0.15) is 5.10 Å². The van der Waals surface area contributed by atoms with E-state index < -0.39 is 0 Å². The van der Waals surface area contributed by atoms with Gasteiger partial charge in [0.05, 0.1) is 5.69 Å². The summed E-state index contributed by atoms with van der Waals surface area (Å²) in [4.78, 5) is 12.4. The maximum absolute atomic E-state index is 12.4. The number of hydrogen-bond acceptors (Lipinski definition) is 3. The van der Waals surface area contributed by atoms with Crippen LogP contribution in [-0.2, 0) is 12.5 Å². The number of ether oxygens (including phenoxy) is 1. The lowest BCUT2D eigenvalue weighted by Crippen LogP contribution is -2.14. The van der Waals surface area contributed by atoms with Gasteiger partial charge < -0.3 is 4.74 Å². The molecule has 21 heavy (non-hydrogen) atoms. The molecule has 1 aromatic heterocycles. The van der Waals surface area contributed by atoms with Crippen molar-refractivity contribution in [1.82, 2.24) is 9.78 Å². The number of aromatic nitrogens is 2. The Hall–Kier alpha value is -2.10. The van der Waals surface area contributed by atoms with Crippen LogP contribution < -0.4 is 4.74 Å². The van der Waals surface area contributed by atoms with Crippen LogP contribution in [0.2, 0.25) is 0 Å². The second kappa shape index (κ2) is 5.35. The molecule has 0 aliphatic rings. The smallest absolute Gasteiger partial charge is 0.361 e. The first-order chi connectivity index (χ1) is 9.68. The van der Waals surface area contributed by atoms with E-state index in [0.717, 1.165) is 16.8 Å². The minimum absolute atomic E-state index is 0.102. The molecule has 4 nitrogen and oxygen atoms in total. The average molecular weight is 286 g/mol. The van der Waals surface area contributed by atoms with Crippen LogP contribution in [0.1, 0.15) is 48.1 Å². The van der Waals surface area contributed by atoms with Crippen LogP contribution in [-0.4, -0.2) is 15.7 Å². The van der Waals surface area contributed by atoms with E-state index in [4.69, 9.17) is 4.74 Å². The van der Waals surface area contributed by atoms with Gasteiger partial charge in [0.1, 0.15) is 11.4 Å². The normalized spacial score (nSPS) is 11.5. The Morgan fingerprint density at radius 2 is 1.86 bits per heavy atom. The van der Waals surface area contributed by atoms with Crippen molar-refractivity contribution in [3.63, 3.8) is 0 Å². The summed E-state index contributed by atoms with van der Waals surface area (Å²) >= 11 is 0. The van der Waals surface area contributed by atoms with E-state index in [9.17, 15) is 4.79 Å². The Bertz CT molecular complexity index is 679. The number of hydrogen-bond donors (Lipinski definition) is 0. The van der Waals surface area contributed by atoms with Crippen molar-refractivity contribution in [2.24, 2.45) is 7.05 Å². The molecule has 2 aromatic rings. The predicted molar refractivity (Wildman–Crippen MR) is 82.8 cm³/mol. The molecule has 1 aromatic carbocycles. The third-order valence-corrected chi connectivity index (χ3v) is 3.40. The zero-order valence-corrected chi connectivity index (χ0v) is 13.5. The summed E-state index contributed by atoms with van der Waals surface area (Å²) in [5.74, 6) is 0.215. The van der Waals surface area contributed by atoms with Crippen molar-refractivity contribution in [2.45, 2.75) is 40.0 Å². The maximum atomic E-state index is 12.4. The molecule has 4 heteroatoms. The fourth-order valence-electron chi connectivity index (χ4n) is 1.99. The SMILES string of the molecule is Cc1ccc(C)c(OC(=O)c2cc(C(C)(C)C)nn2C)c1. The van der Waals surface area contributed by atoms with Crippen molar-refractivity contribution >= 4 is 5.97 Å². The summed E-state index contributed by atoms with van der Waals surface area (Å²) in [6.07, 6.45) is 0. The molecule has 1 heterocycles. The molecule has 0 unspecified atom stereocenters. The molecule has 0 aliphatic heterocycles. The van der Waals surface area contributed by atoms with E-state index in [1.54, 1.807) is 17.8 Å². The Balaban J connectivity index is 2.29. The van der Waals surface area contributed by atoms with Crippen LogP contribution in [0.25, 0.3) is 0 Å². The number of carbonyl (C=O) groups excluding carboxylic acids is 1. The Morgan fingerprint density at radius 3 is 2.43 bits per heavy atom. The molecule has 0 radical (unpaired) electrons. The number of nitrogens with zero attached hydrogens (tertiary/aromatic N) is 2. The fraction of sp³-hybridized carbons (Fsp3) is 0.412. The largest absolute Gasteiger partial charge is 0.422 e. The van der Waals surface area contributed by atoms with Crippen molar-refractivity contribution in [2.75, 3.05) is 0 Å². The zero-order valence-electron chi connectivity index (χ0n) is 13.5. The monoisotopic (exact) mass is 286 g/mol. The van der Waals surface area contributed by atoms with Crippen molar-refractivity contribution < 1.29 is 9.53 Å². The number of aryl methyl sites for hydroxylation is 3. The molecule has 0 saturated heterocycles. The highest BCUT2D eigenvalue weighted by Gasteiger charge is 2.23. The molecule has 0 fully saturated rings. The van der Waals surface area contributed by atoms with Crippen LogP contribution >= 0.6 is 0 Å². The predicted octanol–water partition coefficient (Wildman–Crippen LogP) is 3.55. The maximum Gasteiger partial charge on any atom is 0.361 e. The molecule has 0 atom stereocenters. The number of benzene rings is 1. The fourth-order valence-corrected chi connectivity index (χ4v) is 1.99. The standard InChI is InChI=1S/C17H22N2O2/c1-11-7-8-12(2)14(9-11)21-16(20)13-10-15(17(3,4)5)18-19(13)6/h7-10H,1-6H3. The first-order valence-electron chi connectivity index (χ1n) is 7.02. The first-order valence-corrected chi connectivity index (χ1v) is 7.02. The van der Waals surface area contributed by atoms with Crippen LogP contribution in [0.4, 0.5) is 0 Å². The van der Waals surface area contributed by atoms with Gasteiger partial charge in [-0.15, -0.1) is 0 Å². The van der Waals surface area contributed by atoms with E-state index in [0.29, 0.717) is 11.4 Å². The Kier molecular flexibility index (Phi) is 3.90. The third kappa shape index (κ3) is 3.32. The van der Waals surface area contributed by atoms with E-state index in [2.05, 4.69) is 25.9 Å². The number of carbonyl (C=O) groups is 1. The second-order valence-electron chi connectivity index (χ2n) is 6.45. The lowest BCUT2D eigenvalue weighted by atomic mass is 9.92. The summed E-state index contributed by atoms with van der Waals surface area (Å²) in [7, 11) is 1.76. The summed E-state index contributed by atoms with van der Waals surface area (Å²) in [5.41, 5.74) is 3.23. The topological polar surface area (TPSA) is 44.1 Å². The quantitative estimate of drug-likeness (QED) is 0.626. The van der Waals surface area contributed by atoms with Gasteiger partial charge in [0.2, 0.25) is 0 Å². The molecule has 0 bridgehead atoms. The van der Waals surface area contributed by atoms with Crippen molar-refractivity contribution in [3.8, 4) is 5.75 Å². The minimum atomic E-state index is -0.380. The Morgan fingerprint density at radius 1 is 1.19 bits per heavy atom.